The van der Waals surface area contributed by atoms with Crippen LogP contribution in [0.2, 0.25) is 0 Å². The molecule has 10 rings (SSSR count). The summed E-state index contributed by atoms with van der Waals surface area (Å²) in [4.78, 5) is 53.4. The maximum atomic E-state index is 5.77. The maximum absolute atomic E-state index is 5.77. The number of rotatable bonds is 11. The Kier molecular flexibility index (Phi) is 10.6. The van der Waals surface area contributed by atoms with E-state index >= 15 is 0 Å². The molecule has 8 aromatic heterocycles. The van der Waals surface area contributed by atoms with E-state index in [1.165, 1.54) is 0 Å². The van der Waals surface area contributed by atoms with Crippen LogP contribution in [-0.2, 0) is 0 Å². The van der Waals surface area contributed by atoms with Crippen molar-refractivity contribution in [3.8, 4) is 34.3 Å². The van der Waals surface area contributed by atoms with Gasteiger partial charge in [-0.05, 0) is 48.5 Å². The van der Waals surface area contributed by atoms with Gasteiger partial charge in [0.25, 0.3) is 0 Å². The Morgan fingerprint density at radius 3 is 1.34 bits per heavy atom. The van der Waals surface area contributed by atoms with Crippen molar-refractivity contribution >= 4 is 56.7 Å². The van der Waals surface area contributed by atoms with E-state index in [-0.39, 0.29) is 0 Å². The predicted octanol–water partition coefficient (Wildman–Crippen LogP) is 5.00. The Balaban J connectivity index is 1.12. The molecule has 2 aliphatic heterocycles. The molecular formula is C44H42N16O2. The molecule has 18 heteroatoms. The molecule has 62 heavy (non-hydrogen) atoms. The van der Waals surface area contributed by atoms with E-state index in [2.05, 4.69) is 30.4 Å². The molecule has 0 spiro atoms. The van der Waals surface area contributed by atoms with Gasteiger partial charge in [-0.1, -0.05) is 12.1 Å². The van der Waals surface area contributed by atoms with Crippen LogP contribution in [0, 0.1) is 0 Å². The molecule has 10 heterocycles. The monoisotopic (exact) mass is 826 g/mol. The molecule has 8 aromatic rings. The number of ether oxygens (including phenoxy) is 2. The van der Waals surface area contributed by atoms with Crippen LogP contribution in [0.3, 0.4) is 0 Å². The zero-order chi connectivity index (χ0) is 41.8. The first-order valence-corrected chi connectivity index (χ1v) is 20.3. The van der Waals surface area contributed by atoms with E-state index in [4.69, 9.17) is 49.3 Å². The van der Waals surface area contributed by atoms with Gasteiger partial charge in [-0.15, -0.1) is 0 Å². The van der Waals surface area contributed by atoms with E-state index in [1.54, 1.807) is 63.8 Å². The minimum absolute atomic E-state index is 0.509. The lowest BCUT2D eigenvalue weighted by molar-refractivity contribution is 0.417. The smallest absolute Gasteiger partial charge is 0.162 e. The summed E-state index contributed by atoms with van der Waals surface area (Å²) in [7, 11) is 3.28. The van der Waals surface area contributed by atoms with Crippen LogP contribution >= 0.6 is 0 Å². The molecule has 0 amide bonds. The zero-order valence-electron chi connectivity index (χ0n) is 34.1. The molecule has 2 aliphatic rings. The molecule has 2 N–H and O–H groups in total. The van der Waals surface area contributed by atoms with Crippen molar-refractivity contribution in [1.82, 2.24) is 60.5 Å². The molecule has 2 saturated heterocycles. The quantitative estimate of drug-likeness (QED) is 0.166. The summed E-state index contributed by atoms with van der Waals surface area (Å²) < 4.78 is 11.5. The molecule has 0 unspecified atom stereocenters. The van der Waals surface area contributed by atoms with Gasteiger partial charge in [-0.3, -0.25) is 9.97 Å². The fraction of sp³-hybridized carbons (Fsp3) is 0.227. The van der Waals surface area contributed by atoms with Crippen LogP contribution in [0.4, 0.5) is 34.9 Å². The summed E-state index contributed by atoms with van der Waals surface area (Å²) in [6, 6.07) is 19.1. The lowest BCUT2D eigenvalue weighted by atomic mass is 10.2. The van der Waals surface area contributed by atoms with Crippen molar-refractivity contribution in [2.24, 2.45) is 0 Å². The molecule has 0 bridgehead atoms. The van der Waals surface area contributed by atoms with Crippen molar-refractivity contribution in [2.75, 3.05) is 86.4 Å². The maximum Gasteiger partial charge on any atom is 0.162 e. The first-order valence-electron chi connectivity index (χ1n) is 20.3. The van der Waals surface area contributed by atoms with Gasteiger partial charge < -0.3 is 29.9 Å². The number of hydrogen-bond donors (Lipinski definition) is 2. The van der Waals surface area contributed by atoms with Gasteiger partial charge in [0.05, 0.1) is 60.8 Å². The Morgan fingerprint density at radius 2 is 0.935 bits per heavy atom. The molecule has 18 nitrogen and oxygen atoms in total. The van der Waals surface area contributed by atoms with Crippen LogP contribution in [0.5, 0.6) is 11.5 Å². The van der Waals surface area contributed by atoms with Gasteiger partial charge in [0, 0.05) is 88.3 Å². The summed E-state index contributed by atoms with van der Waals surface area (Å²) in [5.74, 6) is 5.96. The summed E-state index contributed by atoms with van der Waals surface area (Å²) in [5, 5.41) is 12.3. The molecular weight excluding hydrogens is 785 g/mol. The molecule has 0 radical (unpaired) electrons. The second-order valence-electron chi connectivity index (χ2n) is 14.5. The number of nitrogens with one attached hydrogen (secondary N) is 2. The molecule has 2 fully saturated rings. The van der Waals surface area contributed by atoms with Crippen LogP contribution in [0.15, 0.2) is 110 Å². The summed E-state index contributed by atoms with van der Waals surface area (Å²) in [6.07, 6.45) is 13.9. The average Bonchev–Trinajstić information content (AvgIpc) is 3.35. The Labute approximate surface area is 356 Å². The lowest BCUT2D eigenvalue weighted by Crippen LogP contribution is -2.44. The van der Waals surface area contributed by atoms with E-state index in [0.717, 1.165) is 85.9 Å². The van der Waals surface area contributed by atoms with Crippen molar-refractivity contribution < 1.29 is 9.47 Å². The van der Waals surface area contributed by atoms with E-state index in [0.29, 0.717) is 57.5 Å². The summed E-state index contributed by atoms with van der Waals surface area (Å²) in [6.45, 7) is 6.46. The minimum atomic E-state index is 0.509. The minimum Gasteiger partial charge on any atom is -0.494 e. The fourth-order valence-electron chi connectivity index (χ4n) is 7.80. The number of fused-ring (bicyclic) bond motifs is 2. The highest BCUT2D eigenvalue weighted by Crippen LogP contribution is 2.39. The molecule has 310 valence electrons. The zero-order valence-corrected chi connectivity index (χ0v) is 34.1. The highest BCUT2D eigenvalue weighted by molar-refractivity contribution is 5.97. The van der Waals surface area contributed by atoms with Crippen LogP contribution < -0.4 is 39.9 Å². The number of anilines is 6. The van der Waals surface area contributed by atoms with Gasteiger partial charge in [0.15, 0.2) is 34.9 Å². The first kappa shape index (κ1) is 38.5. The van der Waals surface area contributed by atoms with E-state index in [9.17, 15) is 0 Å². The second-order valence-corrected chi connectivity index (χ2v) is 14.5. The third-order valence-electron chi connectivity index (χ3n) is 10.8. The van der Waals surface area contributed by atoms with Gasteiger partial charge in [0.1, 0.15) is 23.1 Å². The number of hydrogen-bond acceptors (Lipinski definition) is 18. The second kappa shape index (κ2) is 17.1. The number of aromatic nitrogens is 10. The topological polar surface area (TPSA) is 184 Å². The Hall–Kier alpha value is -7.70. The third-order valence-corrected chi connectivity index (χ3v) is 10.8. The predicted molar refractivity (Wildman–Crippen MR) is 237 cm³/mol. The molecule has 0 atom stereocenters. The van der Waals surface area contributed by atoms with Gasteiger partial charge in [-0.25, -0.2) is 49.9 Å². The normalized spacial score (nSPS) is 14.2. The highest BCUT2D eigenvalue weighted by Gasteiger charge is 2.28. The number of nitrogens with zero attached hydrogens (tertiary/aromatic N) is 14. The van der Waals surface area contributed by atoms with Crippen LogP contribution in [-0.4, -0.2) is 116 Å². The van der Waals surface area contributed by atoms with Crippen molar-refractivity contribution in [3.63, 3.8) is 0 Å². The van der Waals surface area contributed by atoms with Crippen molar-refractivity contribution in [1.29, 1.82) is 0 Å². The largest absolute Gasteiger partial charge is 0.494 e. The fourth-order valence-corrected chi connectivity index (χ4v) is 7.80. The van der Waals surface area contributed by atoms with Crippen molar-refractivity contribution in [3.05, 3.63) is 110 Å². The number of pyridine rings is 6. The van der Waals surface area contributed by atoms with Crippen molar-refractivity contribution in [2.45, 2.75) is 0 Å². The SMILES string of the molecule is COc1cncc2nc(-c3ccnc(N(c4ccccn4)N(c4ccccn4)c4cc(-c5nc(N6CCNCC6)c6c(OC)cncc6n5)ccn4)c3)nc(N3CCNCC3)c12. The van der Waals surface area contributed by atoms with Gasteiger partial charge in [-0.2, -0.15) is 0 Å². The van der Waals surface area contributed by atoms with Gasteiger partial charge in [0.2, 0.25) is 0 Å². The Bertz CT molecular complexity index is 2650. The van der Waals surface area contributed by atoms with E-state index < -0.39 is 0 Å². The van der Waals surface area contributed by atoms with Gasteiger partial charge >= 0.3 is 0 Å². The average molecular weight is 827 g/mol. The first-order chi connectivity index (χ1) is 30.7. The lowest BCUT2D eigenvalue weighted by Gasteiger charge is -2.35. The van der Waals surface area contributed by atoms with Crippen LogP contribution in [0.25, 0.3) is 44.6 Å². The highest BCUT2D eigenvalue weighted by atomic mass is 16.5. The Morgan fingerprint density at radius 1 is 0.500 bits per heavy atom. The number of piperazine rings is 2. The molecule has 0 aromatic carbocycles. The molecule has 0 aliphatic carbocycles. The summed E-state index contributed by atoms with van der Waals surface area (Å²) in [5.41, 5.74) is 2.80. The van der Waals surface area contributed by atoms with E-state index in [1.807, 2.05) is 70.7 Å². The summed E-state index contributed by atoms with van der Waals surface area (Å²) >= 11 is 0. The standard InChI is InChI=1S/C44H42N16O2/c1-61-33-27-47-25-31-39(33)43(57-19-15-45-16-20-57)55-41(53-31)29-9-13-51-37(23-29)59(35-7-3-5-11-49-35)60(36-8-4-6-12-50-36)38-24-30(10-14-52-38)42-54-32-26-48-28-34(62-2)40(32)44(56-42)58-21-17-46-18-22-58/h3-14,23-28,45-46H,15-22H2,1-2H3. The molecule has 0 saturated carbocycles. The van der Waals surface area contributed by atoms with Crippen LogP contribution in [0.1, 0.15) is 0 Å². The number of hydrazine groups is 1. The number of methoxy groups -OCH3 is 2. The third kappa shape index (κ3) is 7.41.